The third-order valence-corrected chi connectivity index (χ3v) is 5.01. The van der Waals surface area contributed by atoms with Gasteiger partial charge in [0.15, 0.2) is 0 Å². The molecule has 1 unspecified atom stereocenters. The number of thiophene rings is 1. The number of aliphatic hydroxyl groups is 1. The first-order valence-corrected chi connectivity index (χ1v) is 8.49. The predicted octanol–water partition coefficient (Wildman–Crippen LogP) is 3.75. The number of carbonyl (C=O) groups is 1. The predicted molar refractivity (Wildman–Crippen MR) is 93.9 cm³/mol. The van der Waals surface area contributed by atoms with Gasteiger partial charge in [0.25, 0.3) is 5.91 Å². The molecule has 0 saturated heterocycles. The van der Waals surface area contributed by atoms with E-state index in [-0.39, 0.29) is 18.5 Å². The summed E-state index contributed by atoms with van der Waals surface area (Å²) in [6.45, 7) is 4.26. The molecular weight excluding hydrogens is 308 g/mol. The molecule has 23 heavy (non-hydrogen) atoms. The van der Waals surface area contributed by atoms with Crippen molar-refractivity contribution in [3.05, 3.63) is 59.2 Å². The van der Waals surface area contributed by atoms with Crippen molar-refractivity contribution in [2.24, 2.45) is 0 Å². The van der Waals surface area contributed by atoms with Gasteiger partial charge in [0.2, 0.25) is 0 Å². The van der Waals surface area contributed by atoms with Gasteiger partial charge in [0.05, 0.1) is 0 Å². The number of benzene rings is 1. The molecule has 0 radical (unpaired) electrons. The highest BCUT2D eigenvalue weighted by atomic mass is 32.1. The van der Waals surface area contributed by atoms with Crippen molar-refractivity contribution in [3.63, 3.8) is 0 Å². The summed E-state index contributed by atoms with van der Waals surface area (Å²) in [4.78, 5) is 13.2. The maximum Gasteiger partial charge on any atom is 0.268 e. The van der Waals surface area contributed by atoms with Crippen LogP contribution < -0.4 is 5.32 Å². The number of nitrogens with zero attached hydrogens (tertiary/aromatic N) is 1. The second-order valence-corrected chi connectivity index (χ2v) is 6.92. The highest BCUT2D eigenvalue weighted by molar-refractivity contribution is 7.19. The molecule has 4 nitrogen and oxygen atoms in total. The van der Waals surface area contributed by atoms with E-state index in [1.807, 2.05) is 61.0 Å². The Balaban J connectivity index is 1.67. The van der Waals surface area contributed by atoms with Crippen LogP contribution in [-0.2, 0) is 0 Å². The monoisotopic (exact) mass is 328 g/mol. The van der Waals surface area contributed by atoms with E-state index in [1.54, 1.807) is 17.4 Å². The Labute approximate surface area is 139 Å². The number of hydrogen-bond donors (Lipinski definition) is 2. The van der Waals surface area contributed by atoms with E-state index in [2.05, 4.69) is 5.32 Å². The van der Waals surface area contributed by atoms with Crippen molar-refractivity contribution in [3.8, 4) is 0 Å². The fraction of sp³-hybridized carbons (Fsp3) is 0.278. The summed E-state index contributed by atoms with van der Waals surface area (Å²) in [7, 11) is 0. The molecule has 0 aliphatic heterocycles. The normalized spacial score (nSPS) is 12.7. The zero-order chi connectivity index (χ0) is 16.4. The lowest BCUT2D eigenvalue weighted by molar-refractivity contribution is 0.0907. The Morgan fingerprint density at radius 2 is 2.04 bits per heavy atom. The summed E-state index contributed by atoms with van der Waals surface area (Å²) in [6.07, 6.45) is 1.20. The van der Waals surface area contributed by atoms with E-state index in [4.69, 9.17) is 0 Å². The molecule has 0 spiro atoms. The summed E-state index contributed by atoms with van der Waals surface area (Å²) in [5, 5.41) is 14.3. The van der Waals surface area contributed by atoms with E-state index in [0.29, 0.717) is 5.69 Å². The Morgan fingerprint density at radius 3 is 2.78 bits per heavy atom. The topological polar surface area (TPSA) is 54.3 Å². The van der Waals surface area contributed by atoms with Gasteiger partial charge in [0.1, 0.15) is 11.8 Å². The molecule has 0 aliphatic rings. The molecule has 0 bridgehead atoms. The number of carbonyl (C=O) groups excluding carboxylic acids is 1. The molecule has 5 heteroatoms. The van der Waals surface area contributed by atoms with Crippen molar-refractivity contribution in [2.45, 2.75) is 26.0 Å². The van der Waals surface area contributed by atoms with Gasteiger partial charge in [-0.3, -0.25) is 4.79 Å². The number of nitrogens with one attached hydrogen (secondary N) is 1. The van der Waals surface area contributed by atoms with E-state index in [1.165, 1.54) is 0 Å². The first kappa shape index (κ1) is 15.8. The number of aliphatic hydroxyl groups excluding tert-OH is 1. The molecule has 2 heterocycles. The highest BCUT2D eigenvalue weighted by Crippen LogP contribution is 2.29. The summed E-state index contributed by atoms with van der Waals surface area (Å²) in [5.41, 5.74) is 0.614. The van der Waals surface area contributed by atoms with Crippen LogP contribution in [-0.4, -0.2) is 22.1 Å². The van der Waals surface area contributed by atoms with Gasteiger partial charge in [-0.15, -0.1) is 11.3 Å². The molecule has 3 aromatic rings. The van der Waals surface area contributed by atoms with Gasteiger partial charge in [-0.05, 0) is 43.5 Å². The van der Waals surface area contributed by atoms with Crippen molar-refractivity contribution in [1.29, 1.82) is 0 Å². The Kier molecular flexibility index (Phi) is 4.50. The third kappa shape index (κ3) is 3.30. The number of hydrogen-bond acceptors (Lipinski definition) is 3. The lowest BCUT2D eigenvalue weighted by Crippen LogP contribution is -2.30. The minimum atomic E-state index is -0.696. The molecular formula is C18H20N2O2S. The molecule has 0 saturated carbocycles. The molecule has 0 fully saturated rings. The van der Waals surface area contributed by atoms with Crippen molar-refractivity contribution < 1.29 is 9.90 Å². The van der Waals surface area contributed by atoms with Crippen LogP contribution in [0.25, 0.3) is 10.1 Å². The molecule has 1 atom stereocenters. The standard InChI is InChI=1S/C18H20N2O2S/c1-12(2)20-9-5-7-14(20)18(22)19-11-15(21)17-10-13-6-3-4-8-16(13)23-17/h3-10,12,15,21H,11H2,1-2H3,(H,19,22). The fourth-order valence-electron chi connectivity index (χ4n) is 2.58. The minimum Gasteiger partial charge on any atom is -0.386 e. The summed E-state index contributed by atoms with van der Waals surface area (Å²) in [6, 6.07) is 13.9. The van der Waals surface area contributed by atoms with Gasteiger partial charge >= 0.3 is 0 Å². The molecule has 2 aromatic heterocycles. The molecule has 2 N–H and O–H groups in total. The maximum absolute atomic E-state index is 12.3. The zero-order valence-electron chi connectivity index (χ0n) is 13.2. The number of aromatic nitrogens is 1. The van der Waals surface area contributed by atoms with Crippen LogP contribution in [0.5, 0.6) is 0 Å². The molecule has 3 rings (SSSR count). The van der Waals surface area contributed by atoms with Gasteiger partial charge < -0.3 is 15.0 Å². The fourth-order valence-corrected chi connectivity index (χ4v) is 3.63. The van der Waals surface area contributed by atoms with E-state index in [9.17, 15) is 9.90 Å². The SMILES string of the molecule is CC(C)n1cccc1C(=O)NCC(O)c1cc2ccccc2s1. The molecule has 120 valence electrons. The van der Waals surface area contributed by atoms with E-state index < -0.39 is 6.10 Å². The van der Waals surface area contributed by atoms with Crippen LogP contribution in [0, 0.1) is 0 Å². The van der Waals surface area contributed by atoms with E-state index in [0.717, 1.165) is 15.0 Å². The largest absolute Gasteiger partial charge is 0.386 e. The average molecular weight is 328 g/mol. The van der Waals surface area contributed by atoms with Crippen molar-refractivity contribution in [1.82, 2.24) is 9.88 Å². The van der Waals surface area contributed by atoms with Crippen molar-refractivity contribution in [2.75, 3.05) is 6.54 Å². The van der Waals surface area contributed by atoms with Gasteiger partial charge in [-0.1, -0.05) is 18.2 Å². The first-order chi connectivity index (χ1) is 11.1. The quantitative estimate of drug-likeness (QED) is 0.749. The lowest BCUT2D eigenvalue weighted by atomic mass is 10.2. The Morgan fingerprint density at radius 1 is 1.26 bits per heavy atom. The average Bonchev–Trinajstić information content (AvgIpc) is 3.18. The van der Waals surface area contributed by atoms with Crippen LogP contribution in [0.1, 0.15) is 41.4 Å². The Bertz CT molecular complexity index is 786. The van der Waals surface area contributed by atoms with Crippen LogP contribution in [0.4, 0.5) is 0 Å². The van der Waals surface area contributed by atoms with Gasteiger partial charge in [0, 0.05) is 28.4 Å². The third-order valence-electron chi connectivity index (χ3n) is 3.80. The van der Waals surface area contributed by atoms with Crippen LogP contribution in [0.3, 0.4) is 0 Å². The van der Waals surface area contributed by atoms with Crippen LogP contribution in [0.2, 0.25) is 0 Å². The summed E-state index contributed by atoms with van der Waals surface area (Å²) >= 11 is 1.56. The zero-order valence-corrected chi connectivity index (χ0v) is 14.0. The second-order valence-electron chi connectivity index (χ2n) is 5.81. The van der Waals surface area contributed by atoms with Gasteiger partial charge in [-0.25, -0.2) is 0 Å². The Hall–Kier alpha value is -2.11. The first-order valence-electron chi connectivity index (χ1n) is 7.68. The number of amides is 1. The molecule has 1 aromatic carbocycles. The maximum atomic E-state index is 12.3. The molecule has 1 amide bonds. The number of fused-ring (bicyclic) bond motifs is 1. The number of rotatable bonds is 5. The van der Waals surface area contributed by atoms with E-state index >= 15 is 0 Å². The smallest absolute Gasteiger partial charge is 0.268 e. The van der Waals surface area contributed by atoms with Gasteiger partial charge in [-0.2, -0.15) is 0 Å². The van der Waals surface area contributed by atoms with Crippen LogP contribution >= 0.6 is 11.3 Å². The van der Waals surface area contributed by atoms with Crippen LogP contribution in [0.15, 0.2) is 48.7 Å². The minimum absolute atomic E-state index is 0.163. The second kappa shape index (κ2) is 6.56. The lowest BCUT2D eigenvalue weighted by Gasteiger charge is -2.14. The highest BCUT2D eigenvalue weighted by Gasteiger charge is 2.16. The van der Waals surface area contributed by atoms with Crippen molar-refractivity contribution >= 4 is 27.3 Å². The summed E-state index contributed by atoms with van der Waals surface area (Å²) in [5.74, 6) is -0.163. The molecule has 0 aliphatic carbocycles. The summed E-state index contributed by atoms with van der Waals surface area (Å²) < 4.78 is 3.06.